The number of carbonyl (C=O) groups is 2. The van der Waals surface area contributed by atoms with Crippen molar-refractivity contribution in [3.63, 3.8) is 0 Å². The lowest BCUT2D eigenvalue weighted by Crippen LogP contribution is -2.27. The minimum Gasteiger partial charge on any atom is -0.467 e. The van der Waals surface area contributed by atoms with Crippen molar-refractivity contribution < 1.29 is 27.5 Å². The zero-order valence-corrected chi connectivity index (χ0v) is 18.4. The molecule has 9 nitrogen and oxygen atoms in total. The van der Waals surface area contributed by atoms with Crippen LogP contribution in [0.15, 0.2) is 36.8 Å². The van der Waals surface area contributed by atoms with Gasteiger partial charge < -0.3 is 15.0 Å². The molecule has 1 aliphatic rings. The molecular weight excluding hydrogens is 477 g/mol. The number of nitrogens with one attached hydrogen (secondary N) is 2. The highest BCUT2D eigenvalue weighted by atomic mass is 35.5. The van der Waals surface area contributed by atoms with E-state index in [1.807, 2.05) is 0 Å². The number of hydrogen-bond acceptors (Lipinski definition) is 6. The van der Waals surface area contributed by atoms with Crippen molar-refractivity contribution >= 4 is 29.2 Å². The summed E-state index contributed by atoms with van der Waals surface area (Å²) >= 11 is 6.05. The summed E-state index contributed by atoms with van der Waals surface area (Å²) in [5.74, 6) is -0.688. The molecule has 13 heteroatoms. The van der Waals surface area contributed by atoms with Crippen molar-refractivity contribution in [3.05, 3.63) is 64.2 Å². The van der Waals surface area contributed by atoms with Crippen LogP contribution >= 0.6 is 11.6 Å². The molecule has 0 saturated carbocycles. The van der Waals surface area contributed by atoms with Crippen LogP contribution in [0.4, 0.5) is 19.0 Å². The lowest BCUT2D eigenvalue weighted by atomic mass is 10.1. The highest BCUT2D eigenvalue weighted by Crippen LogP contribution is 2.35. The van der Waals surface area contributed by atoms with E-state index in [1.165, 1.54) is 29.6 Å². The number of aromatic amines is 1. The summed E-state index contributed by atoms with van der Waals surface area (Å²) in [5.41, 5.74) is 2.08. The topological polar surface area (TPSA) is 113 Å². The number of rotatable bonds is 7. The highest BCUT2D eigenvalue weighted by Gasteiger charge is 2.34. The Kier molecular flexibility index (Phi) is 6.42. The molecule has 0 aromatic carbocycles. The van der Waals surface area contributed by atoms with Crippen LogP contribution in [0.3, 0.4) is 0 Å². The number of aromatic nitrogens is 4. The number of nitrogens with zero attached hydrogens (tertiary/aromatic N) is 4. The second-order valence-corrected chi connectivity index (χ2v) is 7.97. The molecule has 4 rings (SSSR count). The molecule has 1 atom stereocenters. The number of carbonyl (C=O) groups excluding carboxylic acids is 2. The number of amides is 2. The van der Waals surface area contributed by atoms with Gasteiger partial charge in [-0.15, -0.1) is 0 Å². The Morgan fingerprint density at radius 3 is 2.79 bits per heavy atom. The lowest BCUT2D eigenvalue weighted by molar-refractivity contribution is -0.154. The Bertz CT molecular complexity index is 1220. The van der Waals surface area contributed by atoms with Crippen LogP contribution in [0.1, 0.15) is 40.1 Å². The van der Waals surface area contributed by atoms with Crippen LogP contribution in [0.25, 0.3) is 0 Å². The second-order valence-electron chi connectivity index (χ2n) is 7.56. The predicted octanol–water partition coefficient (Wildman–Crippen LogP) is 3.69. The number of fused-ring (bicyclic) bond motifs is 1. The molecular formula is C21H18ClF3N6O3. The quantitative estimate of drug-likeness (QED) is 0.518. The molecule has 0 bridgehead atoms. The van der Waals surface area contributed by atoms with Crippen molar-refractivity contribution in [2.24, 2.45) is 0 Å². The molecule has 0 aliphatic carbocycles. The van der Waals surface area contributed by atoms with Gasteiger partial charge in [0, 0.05) is 35.4 Å². The fourth-order valence-electron chi connectivity index (χ4n) is 3.51. The Morgan fingerprint density at radius 1 is 1.32 bits per heavy atom. The first kappa shape index (κ1) is 23.5. The smallest absolute Gasteiger partial charge is 0.422 e. The zero-order valence-electron chi connectivity index (χ0n) is 17.7. The van der Waals surface area contributed by atoms with Crippen LogP contribution in [0.5, 0.6) is 5.88 Å². The van der Waals surface area contributed by atoms with Gasteiger partial charge in [0.2, 0.25) is 11.8 Å². The molecule has 3 aromatic rings. The maximum Gasteiger partial charge on any atom is 0.422 e. The summed E-state index contributed by atoms with van der Waals surface area (Å²) < 4.78 is 41.8. The van der Waals surface area contributed by atoms with Crippen LogP contribution in [-0.4, -0.2) is 49.7 Å². The van der Waals surface area contributed by atoms with Gasteiger partial charge in [0.05, 0.1) is 19.0 Å². The largest absolute Gasteiger partial charge is 0.467 e. The van der Waals surface area contributed by atoms with E-state index in [0.29, 0.717) is 22.4 Å². The fourth-order valence-corrected chi connectivity index (χ4v) is 3.74. The summed E-state index contributed by atoms with van der Waals surface area (Å²) in [6.07, 6.45) is -0.183. The third-order valence-corrected chi connectivity index (χ3v) is 5.46. The van der Waals surface area contributed by atoms with Gasteiger partial charge >= 0.3 is 6.18 Å². The summed E-state index contributed by atoms with van der Waals surface area (Å²) in [6.45, 7) is 0.375. The van der Waals surface area contributed by atoms with Crippen molar-refractivity contribution in [2.45, 2.75) is 32.1 Å². The van der Waals surface area contributed by atoms with E-state index in [1.54, 1.807) is 19.1 Å². The molecule has 0 radical (unpaired) electrons. The Labute approximate surface area is 196 Å². The molecule has 1 aliphatic heterocycles. The molecule has 4 heterocycles. The molecule has 0 fully saturated rings. The normalized spacial score (nSPS) is 14.1. The molecule has 2 N–H and O–H groups in total. The van der Waals surface area contributed by atoms with Crippen LogP contribution in [-0.2, 0) is 17.8 Å². The van der Waals surface area contributed by atoms with Crippen LogP contribution in [0, 0.1) is 0 Å². The van der Waals surface area contributed by atoms with E-state index in [4.69, 9.17) is 11.6 Å². The molecule has 3 aromatic heterocycles. The molecule has 2 amide bonds. The minimum absolute atomic E-state index is 0.0618. The van der Waals surface area contributed by atoms with Gasteiger partial charge in [-0.2, -0.15) is 18.3 Å². The Morgan fingerprint density at radius 2 is 2.12 bits per heavy atom. The maximum atomic E-state index is 13.0. The number of halogens is 4. The van der Waals surface area contributed by atoms with Crippen LogP contribution in [0.2, 0.25) is 5.02 Å². The van der Waals surface area contributed by atoms with Gasteiger partial charge in [0.15, 0.2) is 6.61 Å². The average molecular weight is 495 g/mol. The standard InChI is InChI=1S/C21H18ClF3N6O3/c1-11(12-6-16(22)19(27-8-12)34-10-21(23,24)25)31-9-15-14(20(31)33)3-4-26-18(15)29-17(32)7-13-2-5-28-30-13/h2-6,8,11H,7,9-10H2,1H3,(H,28,30)(H,26,29,32). The highest BCUT2D eigenvalue weighted by molar-refractivity contribution is 6.31. The van der Waals surface area contributed by atoms with Crippen molar-refractivity contribution in [1.82, 2.24) is 25.1 Å². The molecule has 0 spiro atoms. The van der Waals surface area contributed by atoms with E-state index in [-0.39, 0.29) is 41.5 Å². The van der Waals surface area contributed by atoms with Crippen molar-refractivity contribution in [3.8, 4) is 5.88 Å². The lowest BCUT2D eigenvalue weighted by Gasteiger charge is -2.25. The van der Waals surface area contributed by atoms with Crippen LogP contribution < -0.4 is 10.1 Å². The van der Waals surface area contributed by atoms with Gasteiger partial charge in [0.1, 0.15) is 10.8 Å². The van der Waals surface area contributed by atoms with E-state index >= 15 is 0 Å². The third-order valence-electron chi connectivity index (χ3n) is 5.19. The predicted molar refractivity (Wildman–Crippen MR) is 114 cm³/mol. The monoisotopic (exact) mass is 494 g/mol. The molecule has 0 saturated heterocycles. The molecule has 178 valence electrons. The Balaban J connectivity index is 1.49. The zero-order chi connectivity index (χ0) is 24.5. The first-order chi connectivity index (χ1) is 16.1. The van der Waals surface area contributed by atoms with Gasteiger partial charge in [-0.25, -0.2) is 9.97 Å². The van der Waals surface area contributed by atoms with E-state index in [0.717, 1.165) is 0 Å². The summed E-state index contributed by atoms with van der Waals surface area (Å²) in [6, 6.07) is 4.13. The van der Waals surface area contributed by atoms with E-state index in [9.17, 15) is 22.8 Å². The number of alkyl halides is 3. The third kappa shape index (κ3) is 5.11. The summed E-state index contributed by atoms with van der Waals surface area (Å²) in [5, 5.41) is 9.12. The first-order valence-electron chi connectivity index (χ1n) is 10.0. The summed E-state index contributed by atoms with van der Waals surface area (Å²) in [7, 11) is 0. The van der Waals surface area contributed by atoms with Gasteiger partial charge in [-0.3, -0.25) is 14.7 Å². The maximum absolute atomic E-state index is 13.0. The average Bonchev–Trinajstić information content (AvgIpc) is 3.40. The van der Waals surface area contributed by atoms with E-state index in [2.05, 4.69) is 30.2 Å². The molecule has 34 heavy (non-hydrogen) atoms. The Hall–Kier alpha value is -3.67. The van der Waals surface area contributed by atoms with Gasteiger partial charge in [-0.05, 0) is 30.7 Å². The number of anilines is 1. The fraction of sp³-hybridized carbons (Fsp3) is 0.286. The van der Waals surface area contributed by atoms with E-state index < -0.39 is 18.8 Å². The SMILES string of the molecule is CC(c1cnc(OCC(F)(F)F)c(Cl)c1)N1Cc2c(ccnc2NC(=O)Cc2ccn[nH]2)C1=O. The number of hydrogen-bond donors (Lipinski definition) is 2. The number of pyridine rings is 2. The second kappa shape index (κ2) is 9.29. The number of ether oxygens (including phenoxy) is 1. The summed E-state index contributed by atoms with van der Waals surface area (Å²) in [4.78, 5) is 35.0. The van der Waals surface area contributed by atoms with Gasteiger partial charge in [-0.1, -0.05) is 11.6 Å². The first-order valence-corrected chi connectivity index (χ1v) is 10.4. The van der Waals surface area contributed by atoms with Gasteiger partial charge in [0.25, 0.3) is 5.91 Å². The van der Waals surface area contributed by atoms with Crippen molar-refractivity contribution in [2.75, 3.05) is 11.9 Å². The van der Waals surface area contributed by atoms with Crippen molar-refractivity contribution in [1.29, 1.82) is 0 Å². The number of H-pyrrole nitrogens is 1. The molecule has 1 unspecified atom stereocenters. The minimum atomic E-state index is -4.52.